The number of aromatic carboxylic acids is 1. The van der Waals surface area contributed by atoms with E-state index in [1.807, 2.05) is 0 Å². The highest BCUT2D eigenvalue weighted by atomic mass is 35.5. The third-order valence-electron chi connectivity index (χ3n) is 4.53. The van der Waals surface area contributed by atoms with E-state index in [2.05, 4.69) is 30.5 Å². The monoisotopic (exact) mass is 534 g/mol. The zero-order chi connectivity index (χ0) is 25.3. The molecule has 0 bridgehead atoms. The first-order valence-corrected chi connectivity index (χ1v) is 11.6. The standard InChI is InChI=1S/C20H12Cl2N6O6S/c21-18-24-19(22)26-20(25-18)23-10-6-5-9-7-14(29)15(16(12(9)8-10)35(32,33)34)28-27-13-4-2-1-3-11(13)17(30)31/h1-8,29H,(H,30,31)(H,32,33,34)(H,23,24,25,26). The number of phenols is 1. The Kier molecular flexibility index (Phi) is 6.49. The van der Waals surface area contributed by atoms with E-state index in [9.17, 15) is 28.0 Å². The first kappa shape index (κ1) is 24.2. The Bertz CT molecular complexity index is 1610. The molecule has 0 saturated heterocycles. The summed E-state index contributed by atoms with van der Waals surface area (Å²) in [5.74, 6) is -1.93. The van der Waals surface area contributed by atoms with Crippen LogP contribution in [0.15, 0.2) is 63.7 Å². The molecule has 4 aromatic rings. The molecular formula is C20H12Cl2N6O6S. The fourth-order valence-corrected chi connectivity index (χ4v) is 4.34. The fraction of sp³-hybridized carbons (Fsp3) is 0. The summed E-state index contributed by atoms with van der Waals surface area (Å²) in [6, 6.07) is 11.1. The van der Waals surface area contributed by atoms with Crippen LogP contribution in [0.4, 0.5) is 23.0 Å². The van der Waals surface area contributed by atoms with Crippen molar-refractivity contribution in [1.82, 2.24) is 15.0 Å². The molecule has 0 saturated carbocycles. The number of halogens is 2. The van der Waals surface area contributed by atoms with Crippen LogP contribution in [0.2, 0.25) is 10.6 Å². The van der Waals surface area contributed by atoms with Crippen molar-refractivity contribution < 1.29 is 28.0 Å². The number of fused-ring (bicyclic) bond motifs is 1. The summed E-state index contributed by atoms with van der Waals surface area (Å²) >= 11 is 11.5. The molecule has 0 aliphatic carbocycles. The average Bonchev–Trinajstić information content (AvgIpc) is 2.76. The van der Waals surface area contributed by atoms with Gasteiger partial charge in [0.2, 0.25) is 16.5 Å². The number of hydrogen-bond donors (Lipinski definition) is 4. The highest BCUT2D eigenvalue weighted by Crippen LogP contribution is 2.42. The van der Waals surface area contributed by atoms with Gasteiger partial charge in [-0.3, -0.25) is 4.55 Å². The normalized spacial score (nSPS) is 11.7. The van der Waals surface area contributed by atoms with Gasteiger partial charge in [-0.2, -0.15) is 23.4 Å². The number of azo groups is 1. The summed E-state index contributed by atoms with van der Waals surface area (Å²) in [7, 11) is -4.96. The van der Waals surface area contributed by atoms with Crippen molar-refractivity contribution in [1.29, 1.82) is 0 Å². The Morgan fingerprint density at radius 3 is 2.31 bits per heavy atom. The molecule has 3 aromatic carbocycles. The largest absolute Gasteiger partial charge is 0.506 e. The molecular weight excluding hydrogens is 523 g/mol. The summed E-state index contributed by atoms with van der Waals surface area (Å²) in [5.41, 5.74) is -0.625. The van der Waals surface area contributed by atoms with E-state index in [0.29, 0.717) is 0 Å². The number of aromatic hydroxyl groups is 1. The van der Waals surface area contributed by atoms with Gasteiger partial charge >= 0.3 is 5.97 Å². The first-order chi connectivity index (χ1) is 16.5. The van der Waals surface area contributed by atoms with E-state index in [-0.39, 0.29) is 44.2 Å². The summed E-state index contributed by atoms with van der Waals surface area (Å²) in [6.45, 7) is 0. The minimum atomic E-state index is -4.96. The van der Waals surface area contributed by atoms with E-state index in [1.54, 1.807) is 0 Å². The van der Waals surface area contributed by atoms with Crippen LogP contribution in [-0.2, 0) is 10.1 Å². The maximum atomic E-state index is 12.3. The van der Waals surface area contributed by atoms with Crippen LogP contribution in [-0.4, -0.2) is 44.1 Å². The zero-order valence-electron chi connectivity index (χ0n) is 17.1. The second-order valence-electron chi connectivity index (χ2n) is 6.83. The number of phenolic OH excluding ortho intramolecular Hbond substituents is 1. The number of hydrogen-bond acceptors (Lipinski definition) is 10. The van der Waals surface area contributed by atoms with Crippen LogP contribution >= 0.6 is 23.2 Å². The topological polar surface area (TPSA) is 187 Å². The van der Waals surface area contributed by atoms with E-state index in [1.165, 1.54) is 48.5 Å². The third-order valence-corrected chi connectivity index (χ3v) is 5.80. The van der Waals surface area contributed by atoms with Crippen LogP contribution in [0.5, 0.6) is 5.75 Å². The van der Waals surface area contributed by atoms with Crippen molar-refractivity contribution in [3.8, 4) is 5.75 Å². The van der Waals surface area contributed by atoms with Gasteiger partial charge in [0.15, 0.2) is 0 Å². The van der Waals surface area contributed by atoms with Crippen LogP contribution in [0, 0.1) is 0 Å². The molecule has 0 fully saturated rings. The Morgan fingerprint density at radius 2 is 1.66 bits per heavy atom. The lowest BCUT2D eigenvalue weighted by Gasteiger charge is -2.12. The van der Waals surface area contributed by atoms with E-state index < -0.39 is 32.4 Å². The Labute approximate surface area is 206 Å². The summed E-state index contributed by atoms with van der Waals surface area (Å²) < 4.78 is 34.6. The van der Waals surface area contributed by atoms with Gasteiger partial charge in [-0.15, -0.1) is 10.2 Å². The summed E-state index contributed by atoms with van der Waals surface area (Å²) in [4.78, 5) is 22.0. The fourth-order valence-electron chi connectivity index (χ4n) is 3.13. The molecule has 0 aliphatic heterocycles. The number of aromatic nitrogens is 3. The molecule has 1 aromatic heterocycles. The third kappa shape index (κ3) is 5.27. The van der Waals surface area contributed by atoms with Crippen LogP contribution < -0.4 is 5.32 Å². The van der Waals surface area contributed by atoms with Gasteiger partial charge in [-0.1, -0.05) is 18.2 Å². The molecule has 0 aliphatic rings. The molecule has 12 nitrogen and oxygen atoms in total. The van der Waals surface area contributed by atoms with Crippen molar-refractivity contribution in [3.05, 3.63) is 64.7 Å². The number of rotatable bonds is 6. The Hall–Kier alpha value is -3.91. The van der Waals surface area contributed by atoms with Crippen LogP contribution in [0.3, 0.4) is 0 Å². The number of carbonyl (C=O) groups is 1. The lowest BCUT2D eigenvalue weighted by molar-refractivity contribution is 0.0697. The van der Waals surface area contributed by atoms with Gasteiger partial charge in [-0.05, 0) is 58.9 Å². The molecule has 4 rings (SSSR count). The van der Waals surface area contributed by atoms with Gasteiger partial charge in [0.25, 0.3) is 10.1 Å². The molecule has 15 heteroatoms. The minimum Gasteiger partial charge on any atom is -0.506 e. The van der Waals surface area contributed by atoms with Crippen molar-refractivity contribution in [3.63, 3.8) is 0 Å². The molecule has 0 atom stereocenters. The number of nitrogens with one attached hydrogen (secondary N) is 1. The predicted octanol–water partition coefficient (Wildman–Crippen LogP) is 5.14. The molecule has 0 amide bonds. The lowest BCUT2D eigenvalue weighted by atomic mass is 10.1. The highest BCUT2D eigenvalue weighted by molar-refractivity contribution is 7.86. The Balaban J connectivity index is 1.88. The number of carboxylic acids is 1. The molecule has 0 radical (unpaired) electrons. The SMILES string of the molecule is O=C(O)c1ccccc1N=Nc1c(O)cc2ccc(Nc3nc(Cl)nc(Cl)n3)cc2c1S(=O)(=O)O. The summed E-state index contributed by atoms with van der Waals surface area (Å²) in [6.07, 6.45) is 0. The molecule has 4 N–H and O–H groups in total. The number of nitrogens with zero attached hydrogens (tertiary/aromatic N) is 5. The molecule has 0 unspecified atom stereocenters. The number of benzene rings is 3. The van der Waals surface area contributed by atoms with Gasteiger partial charge in [0.1, 0.15) is 22.0 Å². The predicted molar refractivity (Wildman–Crippen MR) is 126 cm³/mol. The summed E-state index contributed by atoms with van der Waals surface area (Å²) in [5, 5.41) is 29.9. The van der Waals surface area contributed by atoms with E-state index in [4.69, 9.17) is 23.2 Å². The molecule has 178 valence electrons. The van der Waals surface area contributed by atoms with Crippen LogP contribution in [0.1, 0.15) is 10.4 Å². The smallest absolute Gasteiger partial charge is 0.337 e. The van der Waals surface area contributed by atoms with Crippen molar-refractivity contribution in [2.24, 2.45) is 10.2 Å². The Morgan fingerprint density at radius 1 is 0.971 bits per heavy atom. The second kappa shape index (κ2) is 9.38. The maximum absolute atomic E-state index is 12.3. The van der Waals surface area contributed by atoms with Gasteiger partial charge in [-0.25, -0.2) is 4.79 Å². The van der Waals surface area contributed by atoms with Crippen molar-refractivity contribution in [2.75, 3.05) is 5.32 Å². The number of anilines is 2. The second-order valence-corrected chi connectivity index (χ2v) is 8.86. The highest BCUT2D eigenvalue weighted by Gasteiger charge is 2.24. The van der Waals surface area contributed by atoms with Crippen molar-refractivity contribution in [2.45, 2.75) is 4.90 Å². The number of carboxylic acid groups (broad SMARTS) is 1. The maximum Gasteiger partial charge on any atom is 0.337 e. The average molecular weight is 535 g/mol. The minimum absolute atomic E-state index is 0.0354. The van der Waals surface area contributed by atoms with E-state index in [0.717, 1.165) is 0 Å². The quantitative estimate of drug-likeness (QED) is 0.190. The molecule has 1 heterocycles. The molecule has 0 spiro atoms. The van der Waals surface area contributed by atoms with E-state index >= 15 is 0 Å². The van der Waals surface area contributed by atoms with Gasteiger partial charge in [0.05, 0.1) is 5.56 Å². The lowest BCUT2D eigenvalue weighted by Crippen LogP contribution is -2.02. The van der Waals surface area contributed by atoms with Crippen molar-refractivity contribution >= 4 is 73.1 Å². The zero-order valence-corrected chi connectivity index (χ0v) is 19.4. The van der Waals surface area contributed by atoms with Crippen LogP contribution in [0.25, 0.3) is 10.8 Å². The van der Waals surface area contributed by atoms with Gasteiger partial charge < -0.3 is 15.5 Å². The molecule has 35 heavy (non-hydrogen) atoms. The first-order valence-electron chi connectivity index (χ1n) is 9.38. The van der Waals surface area contributed by atoms with Gasteiger partial charge in [0, 0.05) is 11.1 Å².